The van der Waals surface area contributed by atoms with E-state index in [9.17, 15) is 4.79 Å². The number of aromatic nitrogens is 4. The van der Waals surface area contributed by atoms with Gasteiger partial charge in [-0.05, 0) is 99.6 Å². The fourth-order valence-corrected chi connectivity index (χ4v) is 8.60. The van der Waals surface area contributed by atoms with E-state index in [1.54, 1.807) is 0 Å². The average molecular weight is 829 g/mol. The first-order valence-electron chi connectivity index (χ1n) is 21.3. The summed E-state index contributed by atoms with van der Waals surface area (Å²) in [6.07, 6.45) is 8.40. The molecule has 4 aromatic carbocycles. The van der Waals surface area contributed by atoms with Crippen LogP contribution in [0.1, 0.15) is 28.3 Å². The Bertz CT molecular complexity index is 3320. The third-order valence-electron chi connectivity index (χ3n) is 11.7. The van der Waals surface area contributed by atoms with Crippen molar-refractivity contribution in [2.45, 2.75) is 6.61 Å². The Labute approximate surface area is 370 Å². The first kappa shape index (κ1) is 38.4. The van der Waals surface area contributed by atoms with Crippen molar-refractivity contribution in [3.05, 3.63) is 210 Å². The molecule has 8 bridgehead atoms. The lowest BCUT2D eigenvalue weighted by atomic mass is 10.0. The number of fused-ring (bicyclic) bond motifs is 9. The fourth-order valence-electron chi connectivity index (χ4n) is 8.60. The Kier molecular flexibility index (Phi) is 10.0. The molecule has 0 spiro atoms. The zero-order valence-electron chi connectivity index (χ0n) is 34.7. The van der Waals surface area contributed by atoms with Crippen LogP contribution in [-0.2, 0) is 16.1 Å². The fraction of sp³-hybridized carbons (Fsp3) is 0.0351. The summed E-state index contributed by atoms with van der Waals surface area (Å²) in [5.41, 5.74) is 18.2. The summed E-state index contributed by atoms with van der Waals surface area (Å²) in [7, 11) is 0. The summed E-state index contributed by atoms with van der Waals surface area (Å²) in [5.74, 6) is 0.106. The lowest BCUT2D eigenvalue weighted by molar-refractivity contribution is -0.147. The molecule has 0 radical (unpaired) electrons. The van der Waals surface area contributed by atoms with Crippen molar-refractivity contribution in [1.29, 1.82) is 0 Å². The molecule has 7 aromatic rings. The Morgan fingerprint density at radius 1 is 0.391 bits per heavy atom. The number of nitrogens with one attached hydrogen (secondary N) is 2. The number of hydrogen-bond acceptors (Lipinski definition) is 5. The zero-order chi connectivity index (χ0) is 42.8. The zero-order valence-corrected chi connectivity index (χ0v) is 34.7. The average Bonchev–Trinajstić information content (AvgIpc) is 4.21. The van der Waals surface area contributed by atoms with Crippen LogP contribution in [0.25, 0.3) is 102 Å². The van der Waals surface area contributed by atoms with Crippen molar-refractivity contribution >= 4 is 52.3 Å². The van der Waals surface area contributed by atoms with E-state index < -0.39 is 5.97 Å². The van der Waals surface area contributed by atoms with E-state index in [2.05, 4.69) is 143 Å². The number of esters is 1. The number of ether oxygens (including phenoxy) is 2. The largest absolute Gasteiger partial charge is 0.482 e. The number of rotatable bonds is 9. The van der Waals surface area contributed by atoms with Gasteiger partial charge in [0, 0.05) is 44.3 Å². The number of aromatic amines is 2. The highest BCUT2D eigenvalue weighted by Crippen LogP contribution is 2.38. The van der Waals surface area contributed by atoms with Crippen LogP contribution in [0, 0.1) is 0 Å². The molecule has 0 amide bonds. The van der Waals surface area contributed by atoms with Crippen molar-refractivity contribution in [3.63, 3.8) is 0 Å². The van der Waals surface area contributed by atoms with Crippen LogP contribution in [0.3, 0.4) is 0 Å². The van der Waals surface area contributed by atoms with Gasteiger partial charge in [-0.25, -0.2) is 14.8 Å². The van der Waals surface area contributed by atoms with Gasteiger partial charge in [0.1, 0.15) is 12.4 Å². The molecule has 306 valence electrons. The SMILES string of the molecule is O=C(COc1ccc(-c2c3nc(c(-c4ccccc4)c4ccc([nH]4)c(-c4ccccc4)c4nc(c(-c5ccccc5)c5ccc2[nH]5)C=C4)C=C3)cc1)OCc1ccc2cccc-2cc1. The third kappa shape index (κ3) is 7.56. The number of carbonyl (C=O) groups is 1. The quantitative estimate of drug-likeness (QED) is 0.141. The molecule has 11 rings (SSSR count). The number of hydrogen-bond donors (Lipinski definition) is 2. The Morgan fingerprint density at radius 3 is 1.16 bits per heavy atom. The number of H-pyrrole nitrogens is 2. The molecule has 4 aliphatic rings. The van der Waals surface area contributed by atoms with Crippen LogP contribution in [0.4, 0.5) is 0 Å². The second kappa shape index (κ2) is 16.7. The van der Waals surface area contributed by atoms with Crippen molar-refractivity contribution < 1.29 is 14.3 Å². The molecule has 7 heteroatoms. The second-order valence-corrected chi connectivity index (χ2v) is 15.8. The van der Waals surface area contributed by atoms with Crippen molar-refractivity contribution in [3.8, 4) is 61.4 Å². The van der Waals surface area contributed by atoms with Crippen molar-refractivity contribution in [2.24, 2.45) is 0 Å². The summed E-state index contributed by atoms with van der Waals surface area (Å²) >= 11 is 0. The lowest BCUT2D eigenvalue weighted by Gasteiger charge is -2.09. The Balaban J connectivity index is 1.04. The molecule has 5 heterocycles. The molecule has 0 atom stereocenters. The minimum Gasteiger partial charge on any atom is -0.482 e. The molecule has 2 aliphatic carbocycles. The van der Waals surface area contributed by atoms with Crippen LogP contribution >= 0.6 is 0 Å². The molecule has 7 nitrogen and oxygen atoms in total. The highest BCUT2D eigenvalue weighted by atomic mass is 16.6. The van der Waals surface area contributed by atoms with Crippen LogP contribution in [0.15, 0.2) is 182 Å². The van der Waals surface area contributed by atoms with E-state index in [0.717, 1.165) is 106 Å². The molecule has 0 saturated heterocycles. The van der Waals surface area contributed by atoms with Gasteiger partial charge in [-0.15, -0.1) is 0 Å². The van der Waals surface area contributed by atoms with Crippen molar-refractivity contribution in [1.82, 2.24) is 19.9 Å². The molecule has 2 aliphatic heterocycles. The monoisotopic (exact) mass is 828 g/mol. The third-order valence-corrected chi connectivity index (χ3v) is 11.7. The molecule has 0 fully saturated rings. The minimum atomic E-state index is -0.445. The molecule has 0 unspecified atom stereocenters. The van der Waals surface area contributed by atoms with Crippen LogP contribution in [0.2, 0.25) is 0 Å². The van der Waals surface area contributed by atoms with Gasteiger partial charge in [-0.3, -0.25) is 0 Å². The van der Waals surface area contributed by atoms with Crippen molar-refractivity contribution in [2.75, 3.05) is 6.61 Å². The molecular formula is C57H40N4O3. The second-order valence-electron chi connectivity index (χ2n) is 15.8. The van der Waals surface area contributed by atoms with Gasteiger partial charge >= 0.3 is 5.97 Å². The van der Waals surface area contributed by atoms with E-state index in [-0.39, 0.29) is 13.2 Å². The normalized spacial score (nSPS) is 11.8. The first-order valence-corrected chi connectivity index (χ1v) is 21.3. The van der Waals surface area contributed by atoms with Gasteiger partial charge in [0.2, 0.25) is 0 Å². The van der Waals surface area contributed by atoms with Gasteiger partial charge in [-0.1, -0.05) is 146 Å². The van der Waals surface area contributed by atoms with Gasteiger partial charge in [0.05, 0.1) is 22.8 Å². The summed E-state index contributed by atoms with van der Waals surface area (Å²) in [5, 5.41) is 0. The van der Waals surface area contributed by atoms with Gasteiger partial charge in [0.25, 0.3) is 0 Å². The van der Waals surface area contributed by atoms with Gasteiger partial charge < -0.3 is 19.4 Å². The van der Waals surface area contributed by atoms with E-state index in [1.807, 2.05) is 72.8 Å². The Morgan fingerprint density at radius 2 is 0.750 bits per heavy atom. The summed E-state index contributed by atoms with van der Waals surface area (Å²) in [6, 6.07) is 61.6. The molecular weight excluding hydrogens is 789 g/mol. The molecule has 64 heavy (non-hydrogen) atoms. The molecule has 3 aromatic heterocycles. The van der Waals surface area contributed by atoms with E-state index in [1.165, 1.54) is 0 Å². The van der Waals surface area contributed by atoms with E-state index >= 15 is 0 Å². The smallest absolute Gasteiger partial charge is 0.344 e. The number of nitrogens with zero attached hydrogens (tertiary/aromatic N) is 2. The summed E-state index contributed by atoms with van der Waals surface area (Å²) < 4.78 is 11.5. The molecule has 0 saturated carbocycles. The maximum atomic E-state index is 12.8. The standard InChI is InChI=1S/C57H40N4O3/c62-53(64-35-37-19-21-38-17-10-18-39(38)22-20-37)36-63-44-25-23-43(24-26-44)57-51-33-31-49(60-51)55(41-13-6-2-7-14-41)47-29-27-45(58-47)54(40-11-4-1-5-12-40)46-28-30-48(59-46)56(42-15-8-3-9-16-42)50-32-34-52(57)61-50/h1-34,58,61H,35-36H2. The lowest BCUT2D eigenvalue weighted by Crippen LogP contribution is -2.14. The van der Waals surface area contributed by atoms with E-state index in [4.69, 9.17) is 19.4 Å². The maximum absolute atomic E-state index is 12.8. The highest BCUT2D eigenvalue weighted by Gasteiger charge is 2.19. The van der Waals surface area contributed by atoms with Crippen LogP contribution in [-0.4, -0.2) is 32.5 Å². The van der Waals surface area contributed by atoms with E-state index in [0.29, 0.717) is 5.75 Å². The predicted octanol–water partition coefficient (Wildman–Crippen LogP) is 13.6. The summed E-state index contributed by atoms with van der Waals surface area (Å²) in [6.45, 7) is -0.0497. The van der Waals surface area contributed by atoms with Crippen LogP contribution < -0.4 is 4.74 Å². The maximum Gasteiger partial charge on any atom is 0.344 e. The number of carbonyl (C=O) groups excluding carboxylic acids is 1. The predicted molar refractivity (Wildman–Crippen MR) is 259 cm³/mol. The summed E-state index contributed by atoms with van der Waals surface area (Å²) in [4.78, 5) is 31.2. The van der Waals surface area contributed by atoms with Gasteiger partial charge in [-0.2, -0.15) is 0 Å². The Hall–Kier alpha value is -8.55. The topological polar surface area (TPSA) is 92.9 Å². The highest BCUT2D eigenvalue weighted by molar-refractivity contribution is 5.99. The van der Waals surface area contributed by atoms with Gasteiger partial charge in [0.15, 0.2) is 6.61 Å². The minimum absolute atomic E-state index is 0.164. The number of benzene rings is 4. The first-order chi connectivity index (χ1) is 31.6. The van der Waals surface area contributed by atoms with Crippen LogP contribution in [0.5, 0.6) is 5.75 Å². The molecule has 2 N–H and O–H groups in total.